The van der Waals surface area contributed by atoms with Crippen LogP contribution in [0.2, 0.25) is 0 Å². The number of para-hydroxylation sites is 1. The van der Waals surface area contributed by atoms with Crippen molar-refractivity contribution in [2.24, 2.45) is 0 Å². The summed E-state index contributed by atoms with van der Waals surface area (Å²) in [6.07, 6.45) is 0.557. The second-order valence-electron chi connectivity index (χ2n) is 7.08. The summed E-state index contributed by atoms with van der Waals surface area (Å²) in [7, 11) is 1.69. The number of carbonyl (C=O) groups is 1. The van der Waals surface area contributed by atoms with E-state index in [1.54, 1.807) is 7.11 Å². The van der Waals surface area contributed by atoms with Gasteiger partial charge in [0.2, 0.25) is 5.91 Å². The standard InChI is InChI=1S/C21H25NO2/c1-6-22-18-12-16(15-9-7-8-10-19(15)24-5)14(2)11-17(18)21(3,4)13-20(22)23/h7-12H,6,13H2,1-5H3. The van der Waals surface area contributed by atoms with Crippen LogP contribution in [0.15, 0.2) is 36.4 Å². The Morgan fingerprint density at radius 1 is 1.17 bits per heavy atom. The monoisotopic (exact) mass is 323 g/mol. The van der Waals surface area contributed by atoms with E-state index in [1.165, 1.54) is 11.1 Å². The fraction of sp³-hybridized carbons (Fsp3) is 0.381. The molecule has 1 amide bonds. The zero-order chi connectivity index (χ0) is 17.5. The highest BCUT2D eigenvalue weighted by atomic mass is 16.5. The van der Waals surface area contributed by atoms with Crippen LogP contribution in [-0.2, 0) is 10.2 Å². The summed E-state index contributed by atoms with van der Waals surface area (Å²) in [5.41, 5.74) is 5.53. The van der Waals surface area contributed by atoms with E-state index in [1.807, 2.05) is 30.0 Å². The van der Waals surface area contributed by atoms with Crippen molar-refractivity contribution in [3.05, 3.63) is 47.5 Å². The molecule has 1 aliphatic rings. The van der Waals surface area contributed by atoms with E-state index in [0.717, 1.165) is 22.6 Å². The molecule has 0 radical (unpaired) electrons. The third-order valence-corrected chi connectivity index (χ3v) is 4.97. The molecular formula is C21H25NO2. The van der Waals surface area contributed by atoms with E-state index in [0.29, 0.717) is 13.0 Å². The van der Waals surface area contributed by atoms with Crippen LogP contribution in [0.1, 0.15) is 38.3 Å². The Balaban J connectivity index is 2.25. The van der Waals surface area contributed by atoms with Gasteiger partial charge in [-0.3, -0.25) is 4.79 Å². The average molecular weight is 323 g/mol. The molecule has 0 saturated carbocycles. The first kappa shape index (κ1) is 16.6. The van der Waals surface area contributed by atoms with Gasteiger partial charge in [0, 0.05) is 29.6 Å². The molecule has 2 aromatic rings. The van der Waals surface area contributed by atoms with Crippen molar-refractivity contribution in [2.75, 3.05) is 18.6 Å². The molecule has 3 nitrogen and oxygen atoms in total. The Morgan fingerprint density at radius 3 is 2.54 bits per heavy atom. The van der Waals surface area contributed by atoms with Crippen LogP contribution in [0.3, 0.4) is 0 Å². The van der Waals surface area contributed by atoms with Crippen molar-refractivity contribution in [1.29, 1.82) is 0 Å². The van der Waals surface area contributed by atoms with Gasteiger partial charge >= 0.3 is 0 Å². The lowest BCUT2D eigenvalue weighted by molar-refractivity contribution is -0.120. The van der Waals surface area contributed by atoms with E-state index < -0.39 is 0 Å². The van der Waals surface area contributed by atoms with E-state index in [4.69, 9.17) is 4.74 Å². The number of methoxy groups -OCH3 is 1. The molecule has 1 heterocycles. The molecule has 0 fully saturated rings. The average Bonchev–Trinajstić information content (AvgIpc) is 2.55. The minimum Gasteiger partial charge on any atom is -0.496 e. The van der Waals surface area contributed by atoms with Crippen molar-refractivity contribution < 1.29 is 9.53 Å². The van der Waals surface area contributed by atoms with E-state index in [9.17, 15) is 4.79 Å². The molecule has 0 N–H and O–H groups in total. The van der Waals surface area contributed by atoms with E-state index in [2.05, 4.69) is 39.0 Å². The first-order valence-corrected chi connectivity index (χ1v) is 8.48. The topological polar surface area (TPSA) is 29.5 Å². The fourth-order valence-corrected chi connectivity index (χ4v) is 3.67. The zero-order valence-corrected chi connectivity index (χ0v) is 15.1. The molecule has 0 bridgehead atoms. The van der Waals surface area contributed by atoms with Crippen molar-refractivity contribution in [3.8, 4) is 16.9 Å². The van der Waals surface area contributed by atoms with E-state index >= 15 is 0 Å². The van der Waals surface area contributed by atoms with Crippen LogP contribution in [0, 0.1) is 6.92 Å². The molecule has 0 saturated heterocycles. The smallest absolute Gasteiger partial charge is 0.227 e. The lowest BCUT2D eigenvalue weighted by atomic mass is 9.75. The summed E-state index contributed by atoms with van der Waals surface area (Å²) >= 11 is 0. The third-order valence-electron chi connectivity index (χ3n) is 4.97. The number of amides is 1. The first-order chi connectivity index (χ1) is 11.4. The largest absolute Gasteiger partial charge is 0.496 e. The minimum atomic E-state index is -0.137. The molecule has 3 heteroatoms. The van der Waals surface area contributed by atoms with Gasteiger partial charge < -0.3 is 9.64 Å². The number of hydrogen-bond acceptors (Lipinski definition) is 2. The maximum absolute atomic E-state index is 12.6. The van der Waals surface area contributed by atoms with Gasteiger partial charge in [-0.05, 0) is 42.7 Å². The summed E-state index contributed by atoms with van der Waals surface area (Å²) in [6.45, 7) is 9.15. The summed E-state index contributed by atoms with van der Waals surface area (Å²) in [4.78, 5) is 14.5. The van der Waals surface area contributed by atoms with Crippen LogP contribution in [-0.4, -0.2) is 19.6 Å². The number of fused-ring (bicyclic) bond motifs is 1. The number of rotatable bonds is 3. The molecule has 1 aliphatic heterocycles. The van der Waals surface area contributed by atoms with Gasteiger partial charge in [-0.1, -0.05) is 38.1 Å². The van der Waals surface area contributed by atoms with Gasteiger partial charge in [-0.15, -0.1) is 0 Å². The van der Waals surface area contributed by atoms with Crippen molar-refractivity contribution in [2.45, 2.75) is 39.5 Å². The van der Waals surface area contributed by atoms with Gasteiger partial charge in [0.05, 0.1) is 7.11 Å². The second kappa shape index (κ2) is 5.97. The van der Waals surface area contributed by atoms with Gasteiger partial charge in [-0.2, -0.15) is 0 Å². The number of benzene rings is 2. The molecular weight excluding hydrogens is 298 g/mol. The molecule has 0 aromatic heterocycles. The molecule has 126 valence electrons. The summed E-state index contributed by atoms with van der Waals surface area (Å²) in [6, 6.07) is 12.4. The van der Waals surface area contributed by atoms with Gasteiger partial charge in [0.25, 0.3) is 0 Å². The number of aryl methyl sites for hydroxylation is 1. The second-order valence-corrected chi connectivity index (χ2v) is 7.08. The Morgan fingerprint density at radius 2 is 1.88 bits per heavy atom. The molecule has 0 spiro atoms. The first-order valence-electron chi connectivity index (χ1n) is 8.48. The Labute approximate surface area is 144 Å². The highest BCUT2D eigenvalue weighted by Gasteiger charge is 2.36. The van der Waals surface area contributed by atoms with Crippen LogP contribution < -0.4 is 9.64 Å². The number of ether oxygens (including phenoxy) is 1. The molecule has 3 rings (SSSR count). The predicted molar refractivity (Wildman–Crippen MR) is 98.8 cm³/mol. The van der Waals surface area contributed by atoms with Gasteiger partial charge in [0.1, 0.15) is 5.75 Å². The fourth-order valence-electron chi connectivity index (χ4n) is 3.67. The number of carbonyl (C=O) groups excluding carboxylic acids is 1. The third kappa shape index (κ3) is 2.58. The highest BCUT2D eigenvalue weighted by Crippen LogP contribution is 2.44. The van der Waals surface area contributed by atoms with Crippen LogP contribution >= 0.6 is 0 Å². The number of hydrogen-bond donors (Lipinski definition) is 0. The normalized spacial score (nSPS) is 16.0. The van der Waals surface area contributed by atoms with Crippen molar-refractivity contribution in [1.82, 2.24) is 0 Å². The van der Waals surface area contributed by atoms with Crippen molar-refractivity contribution in [3.63, 3.8) is 0 Å². The quantitative estimate of drug-likeness (QED) is 0.819. The van der Waals surface area contributed by atoms with Gasteiger partial charge in [0.15, 0.2) is 0 Å². The maximum atomic E-state index is 12.6. The van der Waals surface area contributed by atoms with E-state index in [-0.39, 0.29) is 11.3 Å². The number of nitrogens with zero attached hydrogens (tertiary/aromatic N) is 1. The van der Waals surface area contributed by atoms with Gasteiger partial charge in [-0.25, -0.2) is 0 Å². The Kier molecular flexibility index (Phi) is 4.12. The van der Waals surface area contributed by atoms with Crippen LogP contribution in [0.5, 0.6) is 5.75 Å². The summed E-state index contributed by atoms with van der Waals surface area (Å²) < 4.78 is 5.53. The Bertz CT molecular complexity index is 792. The van der Waals surface area contributed by atoms with Crippen LogP contribution in [0.25, 0.3) is 11.1 Å². The molecule has 0 unspecified atom stereocenters. The Hall–Kier alpha value is -2.29. The minimum absolute atomic E-state index is 0.137. The lowest BCUT2D eigenvalue weighted by Gasteiger charge is -2.39. The lowest BCUT2D eigenvalue weighted by Crippen LogP contribution is -2.41. The highest BCUT2D eigenvalue weighted by molar-refractivity contribution is 5.99. The maximum Gasteiger partial charge on any atom is 0.227 e. The SMILES string of the molecule is CCN1C(=O)CC(C)(C)c2cc(C)c(-c3ccccc3OC)cc21. The summed E-state index contributed by atoms with van der Waals surface area (Å²) in [5, 5.41) is 0. The number of anilines is 1. The predicted octanol–water partition coefficient (Wildman–Crippen LogP) is 4.70. The molecule has 0 aliphatic carbocycles. The van der Waals surface area contributed by atoms with Crippen molar-refractivity contribution >= 4 is 11.6 Å². The van der Waals surface area contributed by atoms with Crippen LogP contribution in [0.4, 0.5) is 5.69 Å². The molecule has 24 heavy (non-hydrogen) atoms. The molecule has 2 aromatic carbocycles. The zero-order valence-electron chi connectivity index (χ0n) is 15.1. The summed E-state index contributed by atoms with van der Waals surface area (Å²) in [5.74, 6) is 1.05. The molecule has 0 atom stereocenters.